The molecule has 1 aliphatic heterocycles. The smallest absolute Gasteiger partial charge is 0.226 e. The van der Waals surface area contributed by atoms with E-state index in [2.05, 4.69) is 10.2 Å². The molecule has 1 saturated heterocycles. The van der Waals surface area contributed by atoms with Crippen LogP contribution in [-0.4, -0.2) is 70.3 Å². The second kappa shape index (κ2) is 8.40. The number of carbonyl (C=O) groups is 2. The van der Waals surface area contributed by atoms with Crippen LogP contribution in [0.5, 0.6) is 5.75 Å². The Balaban J connectivity index is 1.44. The fourth-order valence-corrected chi connectivity index (χ4v) is 3.38. The Morgan fingerprint density at radius 1 is 1.08 bits per heavy atom. The maximum Gasteiger partial charge on any atom is 0.226 e. The second-order valence-corrected chi connectivity index (χ2v) is 6.74. The number of piperazine rings is 1. The number of amides is 2. The zero-order chi connectivity index (χ0) is 18.5. The van der Waals surface area contributed by atoms with Crippen molar-refractivity contribution in [3.63, 3.8) is 0 Å². The summed E-state index contributed by atoms with van der Waals surface area (Å²) in [7, 11) is 3.25. The summed E-state index contributed by atoms with van der Waals surface area (Å²) in [6.45, 7) is 3.97. The van der Waals surface area contributed by atoms with Gasteiger partial charge < -0.3 is 24.6 Å². The molecular weight excluding hydrogens is 334 g/mol. The molecule has 1 saturated carbocycles. The molecule has 2 amide bonds. The lowest BCUT2D eigenvalue weighted by Gasteiger charge is -2.36. The number of hydrogen-bond acceptors (Lipinski definition) is 5. The van der Waals surface area contributed by atoms with Gasteiger partial charge in [-0.3, -0.25) is 9.59 Å². The Bertz CT molecular complexity index is 626. The summed E-state index contributed by atoms with van der Waals surface area (Å²) in [5.41, 5.74) is 1.14. The van der Waals surface area contributed by atoms with Crippen molar-refractivity contribution in [1.82, 2.24) is 10.2 Å². The van der Waals surface area contributed by atoms with Gasteiger partial charge in [0, 0.05) is 45.5 Å². The fourth-order valence-electron chi connectivity index (χ4n) is 3.38. The average Bonchev–Trinajstić information content (AvgIpc) is 3.49. The Morgan fingerprint density at radius 2 is 1.77 bits per heavy atom. The van der Waals surface area contributed by atoms with Crippen molar-refractivity contribution in [1.29, 1.82) is 0 Å². The highest BCUT2D eigenvalue weighted by molar-refractivity contribution is 5.92. The van der Waals surface area contributed by atoms with Crippen LogP contribution < -0.4 is 15.0 Å². The molecule has 26 heavy (non-hydrogen) atoms. The Hall–Kier alpha value is -2.28. The van der Waals surface area contributed by atoms with E-state index in [-0.39, 0.29) is 23.7 Å². The van der Waals surface area contributed by atoms with E-state index in [1.807, 2.05) is 29.2 Å². The van der Waals surface area contributed by atoms with E-state index in [0.29, 0.717) is 32.7 Å². The highest BCUT2D eigenvalue weighted by atomic mass is 16.5. The lowest BCUT2D eigenvalue weighted by atomic mass is 10.2. The SMILES string of the molecule is COCCNC(=O)C1CC1C(=O)N1CCN(c2ccc(OC)cc2)CC1. The first-order valence-corrected chi connectivity index (χ1v) is 9.08. The van der Waals surface area contributed by atoms with Crippen LogP contribution in [0, 0.1) is 11.8 Å². The maximum atomic E-state index is 12.6. The third kappa shape index (κ3) is 4.27. The van der Waals surface area contributed by atoms with Crippen LogP contribution in [0.4, 0.5) is 5.69 Å². The van der Waals surface area contributed by atoms with Crippen LogP contribution in [0.2, 0.25) is 0 Å². The van der Waals surface area contributed by atoms with Gasteiger partial charge in [0.1, 0.15) is 5.75 Å². The largest absolute Gasteiger partial charge is 0.497 e. The summed E-state index contributed by atoms with van der Waals surface area (Å²) in [6, 6.07) is 7.98. The first-order chi connectivity index (χ1) is 12.6. The average molecular weight is 361 g/mol. The molecule has 2 aliphatic rings. The molecule has 1 aliphatic carbocycles. The van der Waals surface area contributed by atoms with Crippen LogP contribution in [0.15, 0.2) is 24.3 Å². The van der Waals surface area contributed by atoms with Crippen molar-refractivity contribution in [2.75, 3.05) is 58.5 Å². The molecule has 7 nitrogen and oxygen atoms in total. The molecule has 1 aromatic carbocycles. The van der Waals surface area contributed by atoms with Crippen molar-refractivity contribution in [2.24, 2.45) is 11.8 Å². The zero-order valence-electron chi connectivity index (χ0n) is 15.4. The standard InChI is InChI=1S/C19H27N3O4/c1-25-12-7-20-18(23)16-13-17(16)19(24)22-10-8-21(9-11-22)14-3-5-15(26-2)6-4-14/h3-6,16-17H,7-13H2,1-2H3,(H,20,23). The van der Waals surface area contributed by atoms with Crippen LogP contribution in [-0.2, 0) is 14.3 Å². The van der Waals surface area contributed by atoms with Crippen molar-refractivity contribution in [3.8, 4) is 5.75 Å². The molecule has 1 heterocycles. The molecule has 0 spiro atoms. The van der Waals surface area contributed by atoms with Gasteiger partial charge in [0.15, 0.2) is 0 Å². The molecule has 2 fully saturated rings. The number of benzene rings is 1. The predicted octanol–water partition coefficient (Wildman–Crippen LogP) is 0.743. The number of methoxy groups -OCH3 is 2. The molecule has 2 unspecified atom stereocenters. The Labute approximate surface area is 154 Å². The number of rotatable bonds is 7. The molecular formula is C19H27N3O4. The first-order valence-electron chi connectivity index (χ1n) is 9.08. The van der Waals surface area contributed by atoms with Gasteiger partial charge in [-0.15, -0.1) is 0 Å². The van der Waals surface area contributed by atoms with Crippen molar-refractivity contribution in [2.45, 2.75) is 6.42 Å². The highest BCUT2D eigenvalue weighted by Gasteiger charge is 2.49. The van der Waals surface area contributed by atoms with E-state index in [9.17, 15) is 9.59 Å². The predicted molar refractivity (Wildman–Crippen MR) is 98.3 cm³/mol. The molecule has 0 radical (unpaired) electrons. The van der Waals surface area contributed by atoms with Crippen LogP contribution >= 0.6 is 0 Å². The van der Waals surface area contributed by atoms with Gasteiger partial charge in [-0.2, -0.15) is 0 Å². The zero-order valence-corrected chi connectivity index (χ0v) is 15.4. The summed E-state index contributed by atoms with van der Waals surface area (Å²) >= 11 is 0. The summed E-state index contributed by atoms with van der Waals surface area (Å²) < 4.78 is 10.1. The van der Waals surface area contributed by atoms with E-state index < -0.39 is 0 Å². The van der Waals surface area contributed by atoms with E-state index in [0.717, 1.165) is 24.5 Å². The number of anilines is 1. The summed E-state index contributed by atoms with van der Waals surface area (Å²) in [6.07, 6.45) is 0.663. The third-order valence-corrected chi connectivity index (χ3v) is 5.08. The molecule has 1 aromatic rings. The number of carbonyl (C=O) groups excluding carboxylic acids is 2. The van der Waals surface area contributed by atoms with Gasteiger partial charge in [0.2, 0.25) is 11.8 Å². The van der Waals surface area contributed by atoms with Crippen LogP contribution in [0.3, 0.4) is 0 Å². The molecule has 1 N–H and O–H groups in total. The van der Waals surface area contributed by atoms with Crippen molar-refractivity contribution >= 4 is 17.5 Å². The lowest BCUT2D eigenvalue weighted by molar-refractivity contribution is -0.135. The maximum absolute atomic E-state index is 12.6. The minimum atomic E-state index is -0.168. The van der Waals surface area contributed by atoms with Gasteiger partial charge >= 0.3 is 0 Å². The van der Waals surface area contributed by atoms with Gasteiger partial charge in [-0.05, 0) is 30.7 Å². The Morgan fingerprint density at radius 3 is 2.38 bits per heavy atom. The topological polar surface area (TPSA) is 71.1 Å². The van der Waals surface area contributed by atoms with E-state index in [1.54, 1.807) is 14.2 Å². The van der Waals surface area contributed by atoms with Gasteiger partial charge in [-0.25, -0.2) is 0 Å². The minimum absolute atomic E-state index is 0.0303. The molecule has 142 valence electrons. The van der Waals surface area contributed by atoms with E-state index in [1.165, 1.54) is 0 Å². The first kappa shape index (κ1) is 18.5. The third-order valence-electron chi connectivity index (χ3n) is 5.08. The quantitative estimate of drug-likeness (QED) is 0.726. The van der Waals surface area contributed by atoms with Crippen molar-refractivity contribution < 1.29 is 19.1 Å². The normalized spacial score (nSPS) is 22.1. The number of nitrogens with zero attached hydrogens (tertiary/aromatic N) is 2. The number of nitrogens with one attached hydrogen (secondary N) is 1. The van der Waals surface area contributed by atoms with Crippen LogP contribution in [0.1, 0.15) is 6.42 Å². The van der Waals surface area contributed by atoms with Crippen molar-refractivity contribution in [3.05, 3.63) is 24.3 Å². The molecule has 0 bridgehead atoms. The molecule has 3 rings (SSSR count). The van der Waals surface area contributed by atoms with Gasteiger partial charge in [-0.1, -0.05) is 0 Å². The second-order valence-electron chi connectivity index (χ2n) is 6.74. The van der Waals surface area contributed by atoms with E-state index >= 15 is 0 Å². The lowest BCUT2D eigenvalue weighted by Crippen LogP contribution is -2.49. The van der Waals surface area contributed by atoms with Crippen LogP contribution in [0.25, 0.3) is 0 Å². The minimum Gasteiger partial charge on any atom is -0.497 e. The van der Waals surface area contributed by atoms with Gasteiger partial charge in [0.25, 0.3) is 0 Å². The molecule has 2 atom stereocenters. The Kier molecular flexibility index (Phi) is 5.98. The fraction of sp³-hybridized carbons (Fsp3) is 0.579. The molecule has 0 aromatic heterocycles. The number of ether oxygens (including phenoxy) is 2. The summed E-state index contributed by atoms with van der Waals surface area (Å²) in [4.78, 5) is 28.8. The monoisotopic (exact) mass is 361 g/mol. The summed E-state index contributed by atoms with van der Waals surface area (Å²) in [5.74, 6) is 0.610. The summed E-state index contributed by atoms with van der Waals surface area (Å²) in [5, 5.41) is 2.82. The molecule has 7 heteroatoms. The number of hydrogen-bond donors (Lipinski definition) is 1. The van der Waals surface area contributed by atoms with Gasteiger partial charge in [0.05, 0.1) is 25.6 Å². The van der Waals surface area contributed by atoms with E-state index in [4.69, 9.17) is 9.47 Å². The highest BCUT2D eigenvalue weighted by Crippen LogP contribution is 2.40.